The monoisotopic (exact) mass is 436 g/mol. The molecular weight excluding hydrogens is 416 g/mol. The standard InChI is InChI=1S/C23H20N2O5S/c1-15-3-8-17(9-4-15)19-14-31-23(24-19)25-20(26)13-30-21(27)12-7-16-5-10-18(11-6-16)22(28)29-2/h3-12,14H,13H2,1-2H3,(H,24,25,26)/b12-7+. The van der Waals surface area contributed by atoms with Gasteiger partial charge in [-0.1, -0.05) is 42.0 Å². The fourth-order valence-electron chi connectivity index (χ4n) is 2.54. The Labute approximate surface area is 183 Å². The van der Waals surface area contributed by atoms with Crippen molar-refractivity contribution >= 4 is 40.4 Å². The molecule has 2 aromatic carbocycles. The van der Waals surface area contributed by atoms with Crippen LogP contribution in [0.4, 0.5) is 5.13 Å². The number of aryl methyl sites for hydroxylation is 1. The van der Waals surface area contributed by atoms with Gasteiger partial charge in [-0.05, 0) is 30.7 Å². The van der Waals surface area contributed by atoms with Gasteiger partial charge in [0.25, 0.3) is 5.91 Å². The fourth-order valence-corrected chi connectivity index (χ4v) is 3.28. The van der Waals surface area contributed by atoms with Gasteiger partial charge in [-0.2, -0.15) is 0 Å². The van der Waals surface area contributed by atoms with Crippen LogP contribution in [0.5, 0.6) is 0 Å². The maximum atomic E-state index is 12.0. The number of benzene rings is 2. The molecule has 0 saturated heterocycles. The van der Waals surface area contributed by atoms with Crippen LogP contribution < -0.4 is 5.32 Å². The lowest BCUT2D eigenvalue weighted by atomic mass is 10.1. The maximum absolute atomic E-state index is 12.0. The molecule has 0 aliphatic heterocycles. The number of aromatic nitrogens is 1. The van der Waals surface area contributed by atoms with Gasteiger partial charge in [-0.15, -0.1) is 11.3 Å². The molecule has 3 rings (SSSR count). The Balaban J connectivity index is 1.47. The summed E-state index contributed by atoms with van der Waals surface area (Å²) in [6.07, 6.45) is 2.73. The Morgan fingerprint density at radius 2 is 1.77 bits per heavy atom. The van der Waals surface area contributed by atoms with Gasteiger partial charge < -0.3 is 9.47 Å². The zero-order valence-electron chi connectivity index (χ0n) is 17.0. The zero-order valence-corrected chi connectivity index (χ0v) is 17.8. The Hall–Kier alpha value is -3.78. The Morgan fingerprint density at radius 3 is 2.45 bits per heavy atom. The van der Waals surface area contributed by atoms with Gasteiger partial charge in [0.1, 0.15) is 0 Å². The molecule has 31 heavy (non-hydrogen) atoms. The van der Waals surface area contributed by atoms with Gasteiger partial charge in [-0.3, -0.25) is 10.1 Å². The van der Waals surface area contributed by atoms with E-state index in [2.05, 4.69) is 15.0 Å². The number of carbonyl (C=O) groups is 3. The Kier molecular flexibility index (Phi) is 7.29. The van der Waals surface area contributed by atoms with Crippen molar-refractivity contribution in [2.75, 3.05) is 19.0 Å². The molecule has 3 aromatic rings. The lowest BCUT2D eigenvalue weighted by Gasteiger charge is -2.02. The van der Waals surface area contributed by atoms with Crippen LogP contribution in [0.25, 0.3) is 17.3 Å². The third-order valence-corrected chi connectivity index (χ3v) is 4.94. The van der Waals surface area contributed by atoms with Crippen LogP contribution in [0.2, 0.25) is 0 Å². The number of nitrogens with zero attached hydrogens (tertiary/aromatic N) is 1. The van der Waals surface area contributed by atoms with E-state index < -0.39 is 24.5 Å². The van der Waals surface area contributed by atoms with Crippen LogP contribution in [0, 0.1) is 6.92 Å². The second-order valence-corrected chi connectivity index (χ2v) is 7.36. The van der Waals surface area contributed by atoms with Crippen molar-refractivity contribution in [3.63, 3.8) is 0 Å². The first-order valence-electron chi connectivity index (χ1n) is 9.30. The lowest BCUT2D eigenvalue weighted by molar-refractivity contribution is -0.142. The van der Waals surface area contributed by atoms with Crippen LogP contribution in [0.15, 0.2) is 60.0 Å². The number of nitrogens with one attached hydrogen (secondary N) is 1. The third-order valence-electron chi connectivity index (χ3n) is 4.19. The van der Waals surface area contributed by atoms with Crippen molar-refractivity contribution in [1.29, 1.82) is 0 Å². The second-order valence-electron chi connectivity index (χ2n) is 6.51. The van der Waals surface area contributed by atoms with Crippen molar-refractivity contribution in [3.05, 3.63) is 76.7 Å². The van der Waals surface area contributed by atoms with Crippen LogP contribution in [-0.4, -0.2) is 36.5 Å². The van der Waals surface area contributed by atoms with Crippen LogP contribution in [0.1, 0.15) is 21.5 Å². The van der Waals surface area contributed by atoms with Gasteiger partial charge >= 0.3 is 11.9 Å². The molecule has 7 nitrogen and oxygen atoms in total. The van der Waals surface area contributed by atoms with E-state index in [0.29, 0.717) is 16.3 Å². The number of anilines is 1. The highest BCUT2D eigenvalue weighted by Gasteiger charge is 2.10. The van der Waals surface area contributed by atoms with Crippen LogP contribution in [0.3, 0.4) is 0 Å². The number of ether oxygens (including phenoxy) is 2. The highest BCUT2D eigenvalue weighted by molar-refractivity contribution is 7.14. The molecule has 0 radical (unpaired) electrons. The van der Waals surface area contributed by atoms with Crippen molar-refractivity contribution in [3.8, 4) is 11.3 Å². The smallest absolute Gasteiger partial charge is 0.337 e. The quantitative estimate of drug-likeness (QED) is 0.443. The van der Waals surface area contributed by atoms with Crippen molar-refractivity contribution in [2.24, 2.45) is 0 Å². The molecule has 0 unspecified atom stereocenters. The predicted molar refractivity (Wildman–Crippen MR) is 119 cm³/mol. The molecule has 0 fully saturated rings. The van der Waals surface area contributed by atoms with Gasteiger partial charge in [-0.25, -0.2) is 14.6 Å². The number of thiazole rings is 1. The van der Waals surface area contributed by atoms with E-state index in [4.69, 9.17) is 4.74 Å². The van der Waals surface area contributed by atoms with E-state index in [0.717, 1.165) is 16.8 Å². The van der Waals surface area contributed by atoms with Gasteiger partial charge in [0.2, 0.25) is 0 Å². The van der Waals surface area contributed by atoms with Gasteiger partial charge in [0, 0.05) is 17.0 Å². The zero-order chi connectivity index (χ0) is 22.2. The maximum Gasteiger partial charge on any atom is 0.337 e. The topological polar surface area (TPSA) is 94.6 Å². The minimum absolute atomic E-state index is 0.409. The molecule has 8 heteroatoms. The fraction of sp³-hybridized carbons (Fsp3) is 0.130. The van der Waals surface area contributed by atoms with Gasteiger partial charge in [0.05, 0.1) is 18.4 Å². The van der Waals surface area contributed by atoms with Gasteiger partial charge in [0.15, 0.2) is 11.7 Å². The predicted octanol–water partition coefficient (Wildman–Crippen LogP) is 4.10. The molecule has 0 saturated carbocycles. The molecule has 0 atom stereocenters. The molecule has 1 aromatic heterocycles. The van der Waals surface area contributed by atoms with E-state index in [-0.39, 0.29) is 0 Å². The average molecular weight is 436 g/mol. The molecule has 1 amide bonds. The summed E-state index contributed by atoms with van der Waals surface area (Å²) in [6.45, 7) is 1.58. The average Bonchev–Trinajstić information content (AvgIpc) is 3.25. The summed E-state index contributed by atoms with van der Waals surface area (Å²) in [7, 11) is 1.31. The molecule has 158 valence electrons. The molecule has 0 spiro atoms. The first kappa shape index (κ1) is 21.9. The number of esters is 2. The molecule has 1 heterocycles. The van der Waals surface area contributed by atoms with E-state index >= 15 is 0 Å². The summed E-state index contributed by atoms with van der Waals surface area (Å²) in [6, 6.07) is 14.4. The molecule has 0 aliphatic rings. The summed E-state index contributed by atoms with van der Waals surface area (Å²) < 4.78 is 9.57. The SMILES string of the molecule is COC(=O)c1ccc(/C=C/C(=O)OCC(=O)Nc2nc(-c3ccc(C)cc3)cs2)cc1. The van der Waals surface area contributed by atoms with E-state index in [1.807, 2.05) is 36.6 Å². The number of hydrogen-bond donors (Lipinski definition) is 1. The van der Waals surface area contributed by atoms with E-state index in [9.17, 15) is 14.4 Å². The lowest BCUT2D eigenvalue weighted by Crippen LogP contribution is -2.20. The van der Waals surface area contributed by atoms with Crippen molar-refractivity contribution in [1.82, 2.24) is 4.98 Å². The molecule has 0 bridgehead atoms. The number of carbonyl (C=O) groups excluding carboxylic acids is 3. The molecule has 1 N–H and O–H groups in total. The van der Waals surface area contributed by atoms with Crippen molar-refractivity contribution < 1.29 is 23.9 Å². The Morgan fingerprint density at radius 1 is 1.06 bits per heavy atom. The summed E-state index contributed by atoms with van der Waals surface area (Å²) in [4.78, 5) is 39.6. The minimum Gasteiger partial charge on any atom is -0.465 e. The summed E-state index contributed by atoms with van der Waals surface area (Å²) in [5.74, 6) is -1.58. The second kappa shape index (κ2) is 10.3. The summed E-state index contributed by atoms with van der Waals surface area (Å²) in [5, 5.41) is 4.89. The van der Waals surface area contributed by atoms with Crippen LogP contribution in [-0.2, 0) is 19.1 Å². The highest BCUT2D eigenvalue weighted by Crippen LogP contribution is 2.25. The first-order valence-corrected chi connectivity index (χ1v) is 10.2. The van der Waals surface area contributed by atoms with E-state index in [1.165, 1.54) is 30.6 Å². The summed E-state index contributed by atoms with van der Waals surface area (Å²) >= 11 is 1.29. The van der Waals surface area contributed by atoms with Crippen LogP contribution >= 0.6 is 11.3 Å². The van der Waals surface area contributed by atoms with E-state index in [1.54, 1.807) is 24.3 Å². The normalized spacial score (nSPS) is 10.6. The number of hydrogen-bond acceptors (Lipinski definition) is 7. The number of methoxy groups -OCH3 is 1. The molecular formula is C23H20N2O5S. The minimum atomic E-state index is -0.660. The Bertz CT molecular complexity index is 1100. The highest BCUT2D eigenvalue weighted by atomic mass is 32.1. The summed E-state index contributed by atoms with van der Waals surface area (Å²) in [5.41, 5.74) is 3.98. The third kappa shape index (κ3) is 6.35. The largest absolute Gasteiger partial charge is 0.465 e. The van der Waals surface area contributed by atoms with Crippen molar-refractivity contribution in [2.45, 2.75) is 6.92 Å². The number of rotatable bonds is 7. The number of amides is 1. The first-order chi connectivity index (χ1) is 14.9. The molecule has 0 aliphatic carbocycles.